The Morgan fingerprint density at radius 1 is 1.50 bits per heavy atom. The Hall–Kier alpha value is -1.23. The quantitative estimate of drug-likeness (QED) is 0.835. The molecule has 0 aliphatic rings. The van der Waals surface area contributed by atoms with E-state index in [2.05, 4.69) is 21.2 Å². The van der Waals surface area contributed by atoms with E-state index in [1.54, 1.807) is 31.1 Å². The van der Waals surface area contributed by atoms with E-state index in [0.717, 1.165) is 10.2 Å². The number of nitrogens with one attached hydrogen (secondary N) is 1. The highest BCUT2D eigenvalue weighted by Gasteiger charge is 2.15. The molecule has 88 valence electrons. The molecule has 0 radical (unpaired) electrons. The summed E-state index contributed by atoms with van der Waals surface area (Å²) in [4.78, 5) is 13.2. The van der Waals surface area contributed by atoms with Crippen molar-refractivity contribution in [3.05, 3.63) is 22.7 Å². The highest BCUT2D eigenvalue weighted by molar-refractivity contribution is 9.10. The average molecular weight is 286 g/mol. The molecule has 0 aliphatic carbocycles. The molecule has 0 aromatic heterocycles. The zero-order valence-electron chi connectivity index (χ0n) is 9.62. The third kappa shape index (κ3) is 3.13. The summed E-state index contributed by atoms with van der Waals surface area (Å²) in [5.41, 5.74) is 7.18. The van der Waals surface area contributed by atoms with E-state index in [0.29, 0.717) is 5.69 Å². The number of hydrogen-bond acceptors (Lipinski definition) is 3. The summed E-state index contributed by atoms with van der Waals surface area (Å²) in [5.74, 6) is 0.0312. The molecule has 0 aliphatic heterocycles. The number of benzene rings is 1. The lowest BCUT2D eigenvalue weighted by Crippen LogP contribution is -2.36. The number of amides is 1. The molecule has 0 heterocycles. The monoisotopic (exact) mass is 285 g/mol. The first-order chi connectivity index (χ1) is 7.41. The molecule has 1 aromatic rings. The van der Waals surface area contributed by atoms with E-state index in [-0.39, 0.29) is 11.9 Å². The van der Waals surface area contributed by atoms with Crippen LogP contribution in [-0.2, 0) is 4.79 Å². The number of nitrogens with two attached hydrogens (primary N) is 1. The van der Waals surface area contributed by atoms with E-state index in [9.17, 15) is 4.79 Å². The standard InChI is InChI=1S/C11H16BrN3O/c1-7(11(16)15(2)3)14-10-5-4-8(13)6-9(10)12/h4-7,14H,13H2,1-3H3. The molecule has 1 amide bonds. The Bertz CT molecular complexity index is 393. The summed E-state index contributed by atoms with van der Waals surface area (Å²) in [6.45, 7) is 1.82. The van der Waals surface area contributed by atoms with Gasteiger partial charge >= 0.3 is 0 Å². The van der Waals surface area contributed by atoms with Gasteiger partial charge in [-0.25, -0.2) is 0 Å². The van der Waals surface area contributed by atoms with E-state index in [1.807, 2.05) is 13.0 Å². The van der Waals surface area contributed by atoms with Crippen LogP contribution in [0.25, 0.3) is 0 Å². The van der Waals surface area contributed by atoms with Crippen molar-refractivity contribution in [2.24, 2.45) is 0 Å². The molecule has 16 heavy (non-hydrogen) atoms. The summed E-state index contributed by atoms with van der Waals surface area (Å²) in [6.07, 6.45) is 0. The summed E-state index contributed by atoms with van der Waals surface area (Å²) < 4.78 is 0.853. The molecule has 0 fully saturated rings. The van der Waals surface area contributed by atoms with Gasteiger partial charge in [0, 0.05) is 29.9 Å². The van der Waals surface area contributed by atoms with E-state index in [1.165, 1.54) is 0 Å². The van der Waals surface area contributed by atoms with Crippen LogP contribution in [0.1, 0.15) is 6.92 Å². The van der Waals surface area contributed by atoms with E-state index in [4.69, 9.17) is 5.73 Å². The first kappa shape index (κ1) is 12.8. The van der Waals surface area contributed by atoms with Crippen LogP contribution in [0.5, 0.6) is 0 Å². The minimum absolute atomic E-state index is 0.0312. The summed E-state index contributed by atoms with van der Waals surface area (Å²) in [7, 11) is 3.47. The number of carbonyl (C=O) groups excluding carboxylic acids is 1. The number of likely N-dealkylation sites (N-methyl/N-ethyl adjacent to an activating group) is 1. The molecule has 1 atom stereocenters. The van der Waals surface area contributed by atoms with Crippen molar-refractivity contribution in [1.82, 2.24) is 4.90 Å². The fraction of sp³-hybridized carbons (Fsp3) is 0.364. The lowest BCUT2D eigenvalue weighted by molar-refractivity contribution is -0.129. The molecule has 1 aromatic carbocycles. The minimum Gasteiger partial charge on any atom is -0.399 e. The predicted molar refractivity (Wildman–Crippen MR) is 70.3 cm³/mol. The van der Waals surface area contributed by atoms with E-state index < -0.39 is 0 Å². The van der Waals surface area contributed by atoms with Gasteiger partial charge in [0.05, 0.1) is 0 Å². The van der Waals surface area contributed by atoms with Crippen molar-refractivity contribution in [3.63, 3.8) is 0 Å². The second-order valence-corrected chi connectivity index (χ2v) is 4.69. The molecule has 4 nitrogen and oxygen atoms in total. The van der Waals surface area contributed by atoms with Crippen LogP contribution < -0.4 is 11.1 Å². The predicted octanol–water partition coefficient (Wildman–Crippen LogP) is 1.92. The van der Waals surface area contributed by atoms with Crippen molar-refractivity contribution in [2.45, 2.75) is 13.0 Å². The highest BCUT2D eigenvalue weighted by Crippen LogP contribution is 2.25. The first-order valence-electron chi connectivity index (χ1n) is 4.94. The molecule has 0 bridgehead atoms. The Morgan fingerprint density at radius 3 is 2.62 bits per heavy atom. The fourth-order valence-corrected chi connectivity index (χ4v) is 1.84. The zero-order chi connectivity index (χ0) is 12.3. The Morgan fingerprint density at radius 2 is 2.12 bits per heavy atom. The maximum atomic E-state index is 11.6. The third-order valence-corrected chi connectivity index (χ3v) is 2.83. The summed E-state index contributed by atoms with van der Waals surface area (Å²) in [6, 6.07) is 5.17. The first-order valence-corrected chi connectivity index (χ1v) is 5.74. The van der Waals surface area contributed by atoms with Gasteiger partial charge < -0.3 is 16.0 Å². The van der Waals surface area contributed by atoms with Gasteiger partial charge in [-0.1, -0.05) is 0 Å². The van der Waals surface area contributed by atoms with Gasteiger partial charge in [-0.05, 0) is 41.1 Å². The van der Waals surface area contributed by atoms with Gasteiger partial charge in [0.2, 0.25) is 5.91 Å². The molecular formula is C11H16BrN3O. The number of halogens is 1. The number of hydrogen-bond donors (Lipinski definition) is 2. The largest absolute Gasteiger partial charge is 0.399 e. The maximum Gasteiger partial charge on any atom is 0.244 e. The Labute approximate surface area is 104 Å². The van der Waals surface area contributed by atoms with Crippen LogP contribution in [-0.4, -0.2) is 30.9 Å². The molecule has 0 saturated heterocycles. The molecule has 0 spiro atoms. The normalized spacial score (nSPS) is 12.0. The SMILES string of the molecule is CC(Nc1ccc(N)cc1Br)C(=O)N(C)C. The van der Waals surface area contributed by atoms with Crippen LogP contribution in [0.3, 0.4) is 0 Å². The van der Waals surface area contributed by atoms with Gasteiger partial charge in [0.1, 0.15) is 6.04 Å². The lowest BCUT2D eigenvalue weighted by Gasteiger charge is -2.19. The molecule has 1 unspecified atom stereocenters. The van der Waals surface area contributed by atoms with Crippen LogP contribution in [0.2, 0.25) is 0 Å². The lowest BCUT2D eigenvalue weighted by atomic mass is 10.2. The van der Waals surface area contributed by atoms with Crippen LogP contribution >= 0.6 is 15.9 Å². The van der Waals surface area contributed by atoms with Crippen molar-refractivity contribution in [1.29, 1.82) is 0 Å². The molecule has 5 heteroatoms. The Balaban J connectivity index is 2.77. The number of nitrogens with zero attached hydrogens (tertiary/aromatic N) is 1. The number of nitrogen functional groups attached to an aromatic ring is 1. The van der Waals surface area contributed by atoms with Gasteiger partial charge in [0.15, 0.2) is 0 Å². The minimum atomic E-state index is -0.269. The van der Waals surface area contributed by atoms with Gasteiger partial charge in [-0.2, -0.15) is 0 Å². The van der Waals surface area contributed by atoms with Crippen molar-refractivity contribution < 1.29 is 4.79 Å². The van der Waals surface area contributed by atoms with Crippen LogP contribution in [0.15, 0.2) is 22.7 Å². The number of rotatable bonds is 3. The molecule has 0 saturated carbocycles. The second-order valence-electron chi connectivity index (χ2n) is 3.84. The number of carbonyl (C=O) groups is 1. The van der Waals surface area contributed by atoms with Crippen molar-refractivity contribution in [3.8, 4) is 0 Å². The third-order valence-electron chi connectivity index (χ3n) is 2.18. The van der Waals surface area contributed by atoms with Crippen molar-refractivity contribution in [2.75, 3.05) is 25.1 Å². The van der Waals surface area contributed by atoms with Gasteiger partial charge in [-0.15, -0.1) is 0 Å². The highest BCUT2D eigenvalue weighted by atomic mass is 79.9. The smallest absolute Gasteiger partial charge is 0.244 e. The van der Waals surface area contributed by atoms with Crippen molar-refractivity contribution >= 4 is 33.2 Å². The fourth-order valence-electron chi connectivity index (χ4n) is 1.33. The topological polar surface area (TPSA) is 58.4 Å². The Kier molecular flexibility index (Phi) is 4.18. The molecular weight excluding hydrogens is 270 g/mol. The maximum absolute atomic E-state index is 11.6. The molecule has 1 rings (SSSR count). The average Bonchev–Trinajstić information content (AvgIpc) is 2.20. The van der Waals surface area contributed by atoms with Gasteiger partial charge in [-0.3, -0.25) is 4.79 Å². The second kappa shape index (κ2) is 5.21. The van der Waals surface area contributed by atoms with Crippen LogP contribution in [0.4, 0.5) is 11.4 Å². The summed E-state index contributed by atoms with van der Waals surface area (Å²) in [5, 5.41) is 3.12. The summed E-state index contributed by atoms with van der Waals surface area (Å²) >= 11 is 3.39. The number of anilines is 2. The van der Waals surface area contributed by atoms with Crippen LogP contribution in [0, 0.1) is 0 Å². The van der Waals surface area contributed by atoms with E-state index >= 15 is 0 Å². The molecule has 3 N–H and O–H groups in total. The zero-order valence-corrected chi connectivity index (χ0v) is 11.2. The van der Waals surface area contributed by atoms with Gasteiger partial charge in [0.25, 0.3) is 0 Å².